The summed E-state index contributed by atoms with van der Waals surface area (Å²) in [5.74, 6) is 0.0867. The molecule has 0 amide bonds. The number of rotatable bonds is 3. The fourth-order valence-corrected chi connectivity index (χ4v) is 3.79. The molecule has 2 heterocycles. The van der Waals surface area contributed by atoms with Crippen LogP contribution in [0.1, 0.15) is 24.2 Å². The van der Waals surface area contributed by atoms with Gasteiger partial charge in [0.2, 0.25) is 0 Å². The van der Waals surface area contributed by atoms with Crippen molar-refractivity contribution >= 4 is 0 Å². The summed E-state index contributed by atoms with van der Waals surface area (Å²) in [4.78, 5) is 0. The lowest BCUT2D eigenvalue weighted by Gasteiger charge is -2.42. The zero-order valence-corrected chi connectivity index (χ0v) is 15.8. The molecule has 7 atom stereocenters. The number of phenols is 2. The first-order valence-electron chi connectivity index (χ1n) is 9.46. The Balaban J connectivity index is 1.65. The van der Waals surface area contributed by atoms with E-state index in [2.05, 4.69) is 0 Å². The molecule has 0 aromatic heterocycles. The largest absolute Gasteiger partial charge is 0.508 e. The van der Waals surface area contributed by atoms with Crippen LogP contribution in [0.5, 0.6) is 17.2 Å². The molecule has 8 heteroatoms. The molecule has 5 N–H and O–H groups in total. The first-order valence-corrected chi connectivity index (χ1v) is 9.46. The molecule has 2 aliphatic heterocycles. The van der Waals surface area contributed by atoms with Crippen molar-refractivity contribution in [3.05, 3.63) is 53.6 Å². The third kappa shape index (κ3) is 3.77. The van der Waals surface area contributed by atoms with E-state index >= 15 is 0 Å². The first kappa shape index (κ1) is 19.9. The monoisotopic (exact) mass is 404 g/mol. The molecule has 29 heavy (non-hydrogen) atoms. The minimum absolute atomic E-state index is 0.121. The summed E-state index contributed by atoms with van der Waals surface area (Å²) in [5.41, 5.74) is 1.25. The summed E-state index contributed by atoms with van der Waals surface area (Å²) in [6.07, 6.45) is -7.09. The average Bonchev–Trinajstić information content (AvgIpc) is 2.71. The van der Waals surface area contributed by atoms with Crippen LogP contribution >= 0.6 is 0 Å². The van der Waals surface area contributed by atoms with Crippen LogP contribution in [0.4, 0.5) is 0 Å². The predicted molar refractivity (Wildman–Crippen MR) is 101 cm³/mol. The van der Waals surface area contributed by atoms with Crippen molar-refractivity contribution in [2.45, 2.75) is 56.3 Å². The predicted octanol–water partition coefficient (Wildman–Crippen LogP) is 0.987. The van der Waals surface area contributed by atoms with Crippen molar-refractivity contribution in [2.24, 2.45) is 0 Å². The lowest BCUT2D eigenvalue weighted by molar-refractivity contribution is -0.310. The molecule has 1 saturated heterocycles. The zero-order valence-electron chi connectivity index (χ0n) is 15.8. The van der Waals surface area contributed by atoms with Gasteiger partial charge < -0.3 is 39.7 Å². The zero-order chi connectivity index (χ0) is 20.7. The number of aromatic hydroxyl groups is 2. The molecule has 0 spiro atoms. The summed E-state index contributed by atoms with van der Waals surface area (Å²) >= 11 is 0. The number of aliphatic hydroxyl groups excluding tert-OH is 3. The van der Waals surface area contributed by atoms with Gasteiger partial charge in [-0.3, -0.25) is 0 Å². The Kier molecular flexibility index (Phi) is 5.37. The maximum Gasteiger partial charge on any atom is 0.187 e. The Morgan fingerprint density at radius 1 is 0.966 bits per heavy atom. The first-order chi connectivity index (χ1) is 13.8. The Morgan fingerprint density at radius 2 is 1.69 bits per heavy atom. The van der Waals surface area contributed by atoms with E-state index in [1.165, 1.54) is 12.1 Å². The van der Waals surface area contributed by atoms with Gasteiger partial charge in [-0.1, -0.05) is 30.3 Å². The molecule has 2 aromatic carbocycles. The van der Waals surface area contributed by atoms with Gasteiger partial charge in [-0.05, 0) is 12.5 Å². The highest BCUT2D eigenvalue weighted by molar-refractivity contribution is 5.51. The van der Waals surface area contributed by atoms with Crippen LogP contribution in [0.2, 0.25) is 0 Å². The molecule has 0 aliphatic carbocycles. The van der Waals surface area contributed by atoms with Crippen molar-refractivity contribution in [1.82, 2.24) is 0 Å². The van der Waals surface area contributed by atoms with Gasteiger partial charge in [-0.25, -0.2) is 0 Å². The van der Waals surface area contributed by atoms with Crippen molar-refractivity contribution in [3.8, 4) is 17.2 Å². The number of hydrogen-bond acceptors (Lipinski definition) is 8. The molecule has 8 nitrogen and oxygen atoms in total. The molecular weight excluding hydrogens is 380 g/mol. The summed E-state index contributed by atoms with van der Waals surface area (Å²) in [7, 11) is 0. The van der Waals surface area contributed by atoms with Gasteiger partial charge in [0.15, 0.2) is 12.4 Å². The normalized spacial score (nSPS) is 34.3. The third-order valence-electron chi connectivity index (χ3n) is 5.41. The summed E-state index contributed by atoms with van der Waals surface area (Å²) < 4.78 is 17.6. The number of fused-ring (bicyclic) bond motifs is 1. The van der Waals surface area contributed by atoms with E-state index in [4.69, 9.17) is 14.2 Å². The number of phenolic OH excluding ortho intramolecular Hbond substituents is 2. The van der Waals surface area contributed by atoms with Crippen LogP contribution in [0.25, 0.3) is 0 Å². The van der Waals surface area contributed by atoms with Crippen molar-refractivity contribution in [3.63, 3.8) is 0 Å². The van der Waals surface area contributed by atoms with Crippen molar-refractivity contribution in [1.29, 1.82) is 0 Å². The van der Waals surface area contributed by atoms with Crippen molar-refractivity contribution in [2.75, 3.05) is 0 Å². The van der Waals surface area contributed by atoms with E-state index < -0.39 is 42.9 Å². The van der Waals surface area contributed by atoms with Gasteiger partial charge in [-0.15, -0.1) is 0 Å². The van der Waals surface area contributed by atoms with Gasteiger partial charge in [0, 0.05) is 24.1 Å². The SMILES string of the molecule is C[C@@H]1O[C@@H](O[C@H]2Cc3c(O)cc(O)cc3O[C@@H]2c2ccccc2)[C@H](O)[C@H](O)[C@H]1O. The van der Waals surface area contributed by atoms with Crippen LogP contribution < -0.4 is 4.74 Å². The topological polar surface area (TPSA) is 129 Å². The molecule has 0 radical (unpaired) electrons. The minimum Gasteiger partial charge on any atom is -0.508 e. The van der Waals surface area contributed by atoms with Gasteiger partial charge in [0.1, 0.15) is 41.7 Å². The second-order valence-electron chi connectivity index (χ2n) is 7.45. The highest BCUT2D eigenvalue weighted by Gasteiger charge is 2.45. The summed E-state index contributed by atoms with van der Waals surface area (Å²) in [5, 5.41) is 50.3. The van der Waals surface area contributed by atoms with E-state index in [1.54, 1.807) is 6.92 Å². The number of hydrogen-bond donors (Lipinski definition) is 5. The molecule has 156 valence electrons. The molecule has 0 saturated carbocycles. The fraction of sp³-hybridized carbons (Fsp3) is 0.429. The maximum atomic E-state index is 10.3. The Labute approximate surface area is 167 Å². The standard InChI is InChI=1S/C21H24O8/c1-10-17(24)18(25)19(26)21(27-10)29-16-9-13-14(23)7-12(22)8-15(13)28-20(16)11-5-3-2-4-6-11/h2-8,10,16-26H,9H2,1H3/t10-,16-,17-,18+,19+,20+,21-/m0/s1. The van der Waals surface area contributed by atoms with Crippen molar-refractivity contribution < 1.29 is 39.7 Å². The van der Waals surface area contributed by atoms with Crippen LogP contribution in [-0.4, -0.2) is 62.3 Å². The molecule has 0 bridgehead atoms. The van der Waals surface area contributed by atoms with Crippen LogP contribution in [0.3, 0.4) is 0 Å². The molecule has 2 aromatic rings. The lowest BCUT2D eigenvalue weighted by atomic mass is 9.93. The highest BCUT2D eigenvalue weighted by Crippen LogP contribution is 2.43. The van der Waals surface area contributed by atoms with Crippen LogP contribution in [0, 0.1) is 0 Å². The van der Waals surface area contributed by atoms with Gasteiger partial charge in [0.05, 0.1) is 6.10 Å². The molecule has 0 unspecified atom stereocenters. The Morgan fingerprint density at radius 3 is 2.41 bits per heavy atom. The number of aliphatic hydroxyl groups is 3. The van der Waals surface area contributed by atoms with E-state index in [0.29, 0.717) is 11.3 Å². The highest BCUT2D eigenvalue weighted by atomic mass is 16.7. The van der Waals surface area contributed by atoms with Crippen LogP contribution in [-0.2, 0) is 15.9 Å². The second-order valence-corrected chi connectivity index (χ2v) is 7.45. The van der Waals surface area contributed by atoms with E-state index in [1.807, 2.05) is 30.3 Å². The average molecular weight is 404 g/mol. The Bertz CT molecular complexity index is 857. The molecular formula is C21H24O8. The number of benzene rings is 2. The quantitative estimate of drug-likeness (QED) is 0.512. The van der Waals surface area contributed by atoms with E-state index in [-0.39, 0.29) is 17.9 Å². The van der Waals surface area contributed by atoms with Gasteiger partial charge in [-0.2, -0.15) is 0 Å². The fourth-order valence-electron chi connectivity index (χ4n) is 3.79. The van der Waals surface area contributed by atoms with Gasteiger partial charge >= 0.3 is 0 Å². The minimum atomic E-state index is -1.45. The van der Waals surface area contributed by atoms with E-state index in [0.717, 1.165) is 5.56 Å². The number of ether oxygens (including phenoxy) is 3. The molecule has 1 fully saturated rings. The maximum absolute atomic E-state index is 10.3. The van der Waals surface area contributed by atoms with Crippen LogP contribution in [0.15, 0.2) is 42.5 Å². The van der Waals surface area contributed by atoms with Gasteiger partial charge in [0.25, 0.3) is 0 Å². The smallest absolute Gasteiger partial charge is 0.187 e. The Hall–Kier alpha value is -2.36. The molecule has 4 rings (SSSR count). The summed E-state index contributed by atoms with van der Waals surface area (Å²) in [6.45, 7) is 1.58. The molecule has 2 aliphatic rings. The summed E-state index contributed by atoms with van der Waals surface area (Å²) in [6, 6.07) is 11.9. The lowest BCUT2D eigenvalue weighted by Crippen LogP contribution is -2.58. The third-order valence-corrected chi connectivity index (χ3v) is 5.41. The second kappa shape index (κ2) is 7.81. The van der Waals surface area contributed by atoms with E-state index in [9.17, 15) is 25.5 Å².